The van der Waals surface area contributed by atoms with E-state index in [1.165, 1.54) is 4.90 Å². The standard InChI is InChI=1S/C18H20N2O5/c1-11-13-6-2-3-7-14(13)25-16(11)18(23)24-10-15(21)20-8-4-5-12(9-20)17(19)22/h2-3,6-7,12H,4-5,8-10H2,1H3,(H2,19,22)/t12-/m1/s1. The van der Waals surface area contributed by atoms with Crippen LogP contribution in [0.15, 0.2) is 28.7 Å². The molecule has 1 saturated heterocycles. The average Bonchev–Trinajstić information content (AvgIpc) is 2.96. The van der Waals surface area contributed by atoms with Gasteiger partial charge in [0.1, 0.15) is 5.58 Å². The normalized spacial score (nSPS) is 17.5. The van der Waals surface area contributed by atoms with Crippen LogP contribution in [0.2, 0.25) is 0 Å². The minimum absolute atomic E-state index is 0.0997. The summed E-state index contributed by atoms with van der Waals surface area (Å²) >= 11 is 0. The van der Waals surface area contributed by atoms with Crippen LogP contribution in [0, 0.1) is 12.8 Å². The van der Waals surface area contributed by atoms with Crippen molar-refractivity contribution in [2.45, 2.75) is 19.8 Å². The van der Waals surface area contributed by atoms with Crippen LogP contribution >= 0.6 is 0 Å². The highest BCUT2D eigenvalue weighted by atomic mass is 16.5. The molecule has 0 spiro atoms. The number of nitrogens with two attached hydrogens (primary N) is 1. The van der Waals surface area contributed by atoms with Gasteiger partial charge in [0.15, 0.2) is 6.61 Å². The Morgan fingerprint density at radius 2 is 2.08 bits per heavy atom. The van der Waals surface area contributed by atoms with Gasteiger partial charge in [0.05, 0.1) is 5.92 Å². The molecule has 132 valence electrons. The van der Waals surface area contributed by atoms with Crippen LogP contribution in [0.4, 0.5) is 0 Å². The van der Waals surface area contributed by atoms with Crippen molar-refractivity contribution in [1.29, 1.82) is 0 Å². The number of likely N-dealkylation sites (tertiary alicyclic amines) is 1. The number of benzene rings is 1. The summed E-state index contributed by atoms with van der Waals surface area (Å²) in [5, 5.41) is 0.834. The van der Waals surface area contributed by atoms with Gasteiger partial charge in [-0.25, -0.2) is 4.79 Å². The molecule has 0 aliphatic carbocycles. The maximum absolute atomic E-state index is 12.2. The highest BCUT2D eigenvalue weighted by Gasteiger charge is 2.28. The van der Waals surface area contributed by atoms with Crippen LogP contribution in [0.25, 0.3) is 11.0 Å². The zero-order valence-corrected chi connectivity index (χ0v) is 14.0. The molecule has 1 aliphatic heterocycles. The van der Waals surface area contributed by atoms with Gasteiger partial charge < -0.3 is 19.8 Å². The van der Waals surface area contributed by atoms with Crippen LogP contribution < -0.4 is 5.73 Å². The minimum atomic E-state index is -0.675. The number of hydrogen-bond acceptors (Lipinski definition) is 5. The summed E-state index contributed by atoms with van der Waals surface area (Å²) in [7, 11) is 0. The number of nitrogens with zero attached hydrogens (tertiary/aromatic N) is 1. The number of carbonyl (C=O) groups is 3. The van der Waals surface area contributed by atoms with E-state index in [4.69, 9.17) is 14.9 Å². The first-order valence-electron chi connectivity index (χ1n) is 8.19. The molecule has 1 atom stereocenters. The molecule has 7 nitrogen and oxygen atoms in total. The number of esters is 1. The third-order valence-electron chi connectivity index (χ3n) is 4.53. The molecule has 2 amide bonds. The molecule has 0 saturated carbocycles. The number of rotatable bonds is 4. The second-order valence-corrected chi connectivity index (χ2v) is 6.21. The van der Waals surface area contributed by atoms with Gasteiger partial charge >= 0.3 is 5.97 Å². The van der Waals surface area contributed by atoms with E-state index >= 15 is 0 Å². The largest absolute Gasteiger partial charge is 0.450 e. The third-order valence-corrected chi connectivity index (χ3v) is 4.53. The van der Waals surface area contributed by atoms with Crippen LogP contribution in [0.3, 0.4) is 0 Å². The second-order valence-electron chi connectivity index (χ2n) is 6.21. The molecule has 0 unspecified atom stereocenters. The van der Waals surface area contributed by atoms with E-state index in [2.05, 4.69) is 0 Å². The first-order valence-corrected chi connectivity index (χ1v) is 8.19. The van der Waals surface area contributed by atoms with Crippen molar-refractivity contribution < 1.29 is 23.5 Å². The molecule has 7 heteroatoms. The van der Waals surface area contributed by atoms with Crippen molar-refractivity contribution in [1.82, 2.24) is 4.90 Å². The van der Waals surface area contributed by atoms with Crippen molar-refractivity contribution in [3.8, 4) is 0 Å². The predicted molar refractivity (Wildman–Crippen MR) is 89.7 cm³/mol. The number of piperidine rings is 1. The van der Waals surface area contributed by atoms with E-state index in [1.807, 2.05) is 18.2 Å². The zero-order valence-electron chi connectivity index (χ0n) is 14.0. The van der Waals surface area contributed by atoms with Gasteiger partial charge in [-0.1, -0.05) is 18.2 Å². The molecule has 25 heavy (non-hydrogen) atoms. The van der Waals surface area contributed by atoms with Gasteiger partial charge in [-0.05, 0) is 25.8 Å². The fourth-order valence-corrected chi connectivity index (χ4v) is 3.09. The van der Waals surface area contributed by atoms with Gasteiger partial charge in [-0.15, -0.1) is 0 Å². The Hall–Kier alpha value is -2.83. The Morgan fingerprint density at radius 1 is 1.32 bits per heavy atom. The SMILES string of the molecule is Cc1c(C(=O)OCC(=O)N2CCC[C@@H](C(N)=O)C2)oc2ccccc12. The number of fused-ring (bicyclic) bond motifs is 1. The Bertz CT molecular complexity index is 826. The molecule has 2 aromatic rings. The minimum Gasteiger partial charge on any atom is -0.450 e. The zero-order chi connectivity index (χ0) is 18.0. The van der Waals surface area contributed by atoms with Gasteiger partial charge in [-0.3, -0.25) is 9.59 Å². The summed E-state index contributed by atoms with van der Waals surface area (Å²) in [6, 6.07) is 7.29. The average molecular weight is 344 g/mol. The van der Waals surface area contributed by atoms with Gasteiger partial charge in [0.2, 0.25) is 11.7 Å². The first kappa shape index (κ1) is 17.0. The fourth-order valence-electron chi connectivity index (χ4n) is 3.09. The first-order chi connectivity index (χ1) is 12.0. The molecule has 1 aliphatic rings. The maximum Gasteiger partial charge on any atom is 0.375 e. The number of ether oxygens (including phenoxy) is 1. The van der Waals surface area contributed by atoms with Crippen LogP contribution in [0.1, 0.15) is 29.0 Å². The van der Waals surface area contributed by atoms with E-state index in [0.29, 0.717) is 30.5 Å². The van der Waals surface area contributed by atoms with Gasteiger partial charge in [0.25, 0.3) is 5.91 Å². The highest BCUT2D eigenvalue weighted by Crippen LogP contribution is 2.25. The number of amides is 2. The Balaban J connectivity index is 1.62. The summed E-state index contributed by atoms with van der Waals surface area (Å²) in [6.07, 6.45) is 1.38. The molecule has 2 N–H and O–H groups in total. The molecule has 3 rings (SSSR count). The molecular weight excluding hydrogens is 324 g/mol. The van der Waals surface area contributed by atoms with Crippen molar-refractivity contribution in [3.63, 3.8) is 0 Å². The monoisotopic (exact) mass is 344 g/mol. The van der Waals surface area contributed by atoms with Gasteiger partial charge in [0, 0.05) is 24.0 Å². The van der Waals surface area contributed by atoms with E-state index in [1.54, 1.807) is 13.0 Å². The molecule has 0 bridgehead atoms. The lowest BCUT2D eigenvalue weighted by atomic mass is 9.97. The quantitative estimate of drug-likeness (QED) is 0.849. The fraction of sp³-hybridized carbons (Fsp3) is 0.389. The lowest BCUT2D eigenvalue weighted by Gasteiger charge is -2.30. The summed E-state index contributed by atoms with van der Waals surface area (Å²) < 4.78 is 10.6. The Morgan fingerprint density at radius 3 is 2.80 bits per heavy atom. The van der Waals surface area contributed by atoms with E-state index in [9.17, 15) is 14.4 Å². The second kappa shape index (κ2) is 6.96. The molecule has 1 fully saturated rings. The molecule has 1 aromatic heterocycles. The number of primary amides is 1. The van der Waals surface area contributed by atoms with Crippen molar-refractivity contribution in [2.24, 2.45) is 11.7 Å². The number of para-hydroxylation sites is 1. The molecular formula is C18H20N2O5. The van der Waals surface area contributed by atoms with E-state index < -0.39 is 11.9 Å². The maximum atomic E-state index is 12.2. The summed E-state index contributed by atoms with van der Waals surface area (Å²) in [5.41, 5.74) is 6.58. The van der Waals surface area contributed by atoms with Crippen molar-refractivity contribution >= 4 is 28.8 Å². The summed E-state index contributed by atoms with van der Waals surface area (Å²) in [4.78, 5) is 37.3. The van der Waals surface area contributed by atoms with Gasteiger partial charge in [-0.2, -0.15) is 0 Å². The van der Waals surface area contributed by atoms with Crippen molar-refractivity contribution in [2.75, 3.05) is 19.7 Å². The summed E-state index contributed by atoms with van der Waals surface area (Å²) in [6.45, 7) is 2.19. The Kier molecular flexibility index (Phi) is 4.74. The van der Waals surface area contributed by atoms with Crippen LogP contribution in [-0.2, 0) is 14.3 Å². The third kappa shape index (κ3) is 3.50. The lowest BCUT2D eigenvalue weighted by Crippen LogP contribution is -2.45. The number of carbonyl (C=O) groups excluding carboxylic acids is 3. The number of hydrogen-bond donors (Lipinski definition) is 1. The highest BCUT2D eigenvalue weighted by molar-refractivity contribution is 5.96. The van der Waals surface area contributed by atoms with Crippen LogP contribution in [-0.4, -0.2) is 42.4 Å². The topological polar surface area (TPSA) is 103 Å². The Labute approximate surface area is 144 Å². The smallest absolute Gasteiger partial charge is 0.375 e. The predicted octanol–water partition coefficient (Wildman–Crippen LogP) is 1.62. The molecule has 1 aromatic carbocycles. The number of aryl methyl sites for hydroxylation is 1. The lowest BCUT2D eigenvalue weighted by molar-refractivity contribution is -0.137. The van der Waals surface area contributed by atoms with E-state index in [-0.39, 0.29) is 30.7 Å². The van der Waals surface area contributed by atoms with Crippen molar-refractivity contribution in [3.05, 3.63) is 35.6 Å². The number of furan rings is 1. The van der Waals surface area contributed by atoms with Crippen LogP contribution in [0.5, 0.6) is 0 Å². The summed E-state index contributed by atoms with van der Waals surface area (Å²) in [5.74, 6) is -1.67. The molecule has 2 heterocycles. The molecule has 0 radical (unpaired) electrons. The van der Waals surface area contributed by atoms with E-state index in [0.717, 1.165) is 5.39 Å².